The summed E-state index contributed by atoms with van der Waals surface area (Å²) >= 11 is 0. The number of nitrogens with zero attached hydrogens (tertiary/aromatic N) is 1. The largest absolute Gasteiger partial charge is 0.481 e. The highest BCUT2D eigenvalue weighted by Crippen LogP contribution is 2.35. The Labute approximate surface area is 99.9 Å². The Bertz CT molecular complexity index is 489. The number of hydrogen-bond donors (Lipinski definition) is 1. The van der Waals surface area contributed by atoms with E-state index in [9.17, 15) is 23.7 Å². The van der Waals surface area contributed by atoms with Crippen LogP contribution in [0.3, 0.4) is 0 Å². The van der Waals surface area contributed by atoms with Gasteiger partial charge in [-0.2, -0.15) is 8.78 Å². The summed E-state index contributed by atoms with van der Waals surface area (Å²) in [5.41, 5.74) is -0.695. The lowest BCUT2D eigenvalue weighted by Crippen LogP contribution is -2.10. The number of benzene rings is 1. The van der Waals surface area contributed by atoms with Crippen LogP contribution in [0.2, 0.25) is 0 Å². The van der Waals surface area contributed by atoms with Crippen LogP contribution in [0.25, 0.3) is 0 Å². The van der Waals surface area contributed by atoms with Gasteiger partial charge in [0.15, 0.2) is 0 Å². The van der Waals surface area contributed by atoms with E-state index in [-0.39, 0.29) is 11.1 Å². The molecule has 0 aliphatic rings. The van der Waals surface area contributed by atoms with Gasteiger partial charge in [0.25, 0.3) is 0 Å². The molecular weight excluding hydrogens is 252 g/mol. The highest BCUT2D eigenvalue weighted by Gasteiger charge is 2.26. The van der Waals surface area contributed by atoms with Crippen LogP contribution in [0.4, 0.5) is 14.5 Å². The smallest absolute Gasteiger partial charge is 0.387 e. The Hall–Kier alpha value is -2.25. The molecule has 0 saturated heterocycles. The Morgan fingerprint density at radius 2 is 2.17 bits per heavy atom. The third-order valence-corrected chi connectivity index (χ3v) is 2.15. The van der Waals surface area contributed by atoms with Crippen molar-refractivity contribution in [2.24, 2.45) is 0 Å². The van der Waals surface area contributed by atoms with E-state index >= 15 is 0 Å². The number of carboxylic acids is 1. The standard InChI is InChI=1S/C10H9F2NO5/c1-5-2-3-6(4-7(14)15)9(18-10(11)12)8(5)13(16)17/h2-3,10H,4H2,1H3,(H,14,15). The third-order valence-electron chi connectivity index (χ3n) is 2.15. The van der Waals surface area contributed by atoms with Crippen molar-refractivity contribution < 1.29 is 28.3 Å². The number of ether oxygens (including phenoxy) is 1. The second-order valence-corrected chi connectivity index (χ2v) is 3.43. The number of carboxylic acid groups (broad SMARTS) is 1. The molecule has 0 atom stereocenters. The lowest BCUT2D eigenvalue weighted by atomic mass is 10.1. The van der Waals surface area contributed by atoms with Crippen LogP contribution in [0.5, 0.6) is 5.75 Å². The molecule has 0 fully saturated rings. The van der Waals surface area contributed by atoms with E-state index in [2.05, 4.69) is 4.74 Å². The highest BCUT2D eigenvalue weighted by molar-refractivity contribution is 5.73. The molecule has 1 N–H and O–H groups in total. The zero-order valence-corrected chi connectivity index (χ0v) is 9.22. The normalized spacial score (nSPS) is 10.4. The molecule has 0 saturated carbocycles. The zero-order valence-electron chi connectivity index (χ0n) is 9.22. The van der Waals surface area contributed by atoms with Crippen LogP contribution < -0.4 is 4.74 Å². The molecule has 0 aromatic heterocycles. The van der Waals surface area contributed by atoms with Gasteiger partial charge in [0, 0.05) is 11.1 Å². The number of hydrogen-bond acceptors (Lipinski definition) is 4. The Balaban J connectivity index is 3.38. The van der Waals surface area contributed by atoms with E-state index < -0.39 is 35.4 Å². The van der Waals surface area contributed by atoms with Gasteiger partial charge in [-0.25, -0.2) is 0 Å². The van der Waals surface area contributed by atoms with E-state index in [0.717, 1.165) is 0 Å². The maximum atomic E-state index is 12.2. The van der Waals surface area contributed by atoms with Gasteiger partial charge in [0.1, 0.15) is 0 Å². The maximum absolute atomic E-state index is 12.2. The summed E-state index contributed by atoms with van der Waals surface area (Å²) < 4.78 is 28.5. The zero-order chi connectivity index (χ0) is 13.9. The molecular formula is C10H9F2NO5. The second kappa shape index (κ2) is 5.39. The fourth-order valence-electron chi connectivity index (χ4n) is 1.46. The third kappa shape index (κ3) is 3.12. The molecule has 0 unspecified atom stereocenters. The lowest BCUT2D eigenvalue weighted by molar-refractivity contribution is -0.387. The molecule has 6 nitrogen and oxygen atoms in total. The first-order chi connectivity index (χ1) is 8.32. The average Bonchev–Trinajstić information content (AvgIpc) is 2.20. The predicted molar refractivity (Wildman–Crippen MR) is 55.8 cm³/mol. The van der Waals surface area contributed by atoms with Crippen LogP contribution in [0, 0.1) is 17.0 Å². The van der Waals surface area contributed by atoms with Gasteiger partial charge in [0.05, 0.1) is 11.3 Å². The first-order valence-electron chi connectivity index (χ1n) is 4.76. The van der Waals surface area contributed by atoms with Gasteiger partial charge in [-0.15, -0.1) is 0 Å². The van der Waals surface area contributed by atoms with E-state index in [1.54, 1.807) is 0 Å². The van der Waals surface area contributed by atoms with Crippen LogP contribution in [0.1, 0.15) is 11.1 Å². The molecule has 1 aromatic carbocycles. The van der Waals surface area contributed by atoms with Crippen molar-refractivity contribution in [2.45, 2.75) is 20.0 Å². The molecule has 0 heterocycles. The second-order valence-electron chi connectivity index (χ2n) is 3.43. The molecule has 1 rings (SSSR count). The average molecular weight is 261 g/mol. The SMILES string of the molecule is Cc1ccc(CC(=O)O)c(OC(F)F)c1[N+](=O)[O-]. The summed E-state index contributed by atoms with van der Waals surface area (Å²) in [6.45, 7) is -1.92. The van der Waals surface area contributed by atoms with Crippen molar-refractivity contribution in [3.05, 3.63) is 33.4 Å². The minimum Gasteiger partial charge on any atom is -0.481 e. The number of aryl methyl sites for hydroxylation is 1. The Morgan fingerprint density at radius 3 is 2.61 bits per heavy atom. The van der Waals surface area contributed by atoms with Crippen LogP contribution in [-0.4, -0.2) is 22.6 Å². The first-order valence-corrected chi connectivity index (χ1v) is 4.76. The molecule has 98 valence electrons. The fraction of sp³-hybridized carbons (Fsp3) is 0.300. The van der Waals surface area contributed by atoms with Crippen molar-refractivity contribution in [1.29, 1.82) is 0 Å². The number of nitro groups is 1. The maximum Gasteiger partial charge on any atom is 0.387 e. The van der Waals surface area contributed by atoms with E-state index in [1.165, 1.54) is 19.1 Å². The summed E-state index contributed by atoms with van der Waals surface area (Å²) in [4.78, 5) is 20.5. The molecule has 8 heteroatoms. The van der Waals surface area contributed by atoms with E-state index in [4.69, 9.17) is 5.11 Å². The van der Waals surface area contributed by atoms with Gasteiger partial charge >= 0.3 is 18.3 Å². The predicted octanol–water partition coefficient (Wildman–Crippen LogP) is 2.13. The number of carbonyl (C=O) groups is 1. The lowest BCUT2D eigenvalue weighted by Gasteiger charge is -2.11. The molecule has 0 spiro atoms. The summed E-state index contributed by atoms with van der Waals surface area (Å²) in [7, 11) is 0. The van der Waals surface area contributed by atoms with Crippen molar-refractivity contribution >= 4 is 11.7 Å². The summed E-state index contributed by atoms with van der Waals surface area (Å²) in [5, 5.41) is 19.4. The van der Waals surface area contributed by atoms with Crippen LogP contribution in [0.15, 0.2) is 12.1 Å². The van der Waals surface area contributed by atoms with Crippen LogP contribution in [-0.2, 0) is 11.2 Å². The Kier molecular flexibility index (Phi) is 4.13. The molecule has 0 bridgehead atoms. The first kappa shape index (κ1) is 13.8. The molecule has 1 aromatic rings. The Morgan fingerprint density at radius 1 is 1.56 bits per heavy atom. The quantitative estimate of drug-likeness (QED) is 0.647. The number of aliphatic carboxylic acids is 1. The molecule has 0 amide bonds. The monoisotopic (exact) mass is 261 g/mol. The fourth-order valence-corrected chi connectivity index (χ4v) is 1.46. The van der Waals surface area contributed by atoms with Crippen LogP contribution >= 0.6 is 0 Å². The van der Waals surface area contributed by atoms with Crippen molar-refractivity contribution in [2.75, 3.05) is 0 Å². The summed E-state index contributed by atoms with van der Waals surface area (Å²) in [6.07, 6.45) is -0.636. The summed E-state index contributed by atoms with van der Waals surface area (Å²) in [6, 6.07) is 2.50. The summed E-state index contributed by atoms with van der Waals surface area (Å²) in [5.74, 6) is -2.00. The van der Waals surface area contributed by atoms with Gasteiger partial charge in [-0.3, -0.25) is 14.9 Å². The van der Waals surface area contributed by atoms with E-state index in [1.807, 2.05) is 0 Å². The molecule has 0 aliphatic heterocycles. The minimum absolute atomic E-state index is 0.116. The molecule has 0 aliphatic carbocycles. The molecule has 18 heavy (non-hydrogen) atoms. The van der Waals surface area contributed by atoms with Gasteiger partial charge in [0.2, 0.25) is 5.75 Å². The van der Waals surface area contributed by atoms with Crippen molar-refractivity contribution in [1.82, 2.24) is 0 Å². The highest BCUT2D eigenvalue weighted by atomic mass is 19.3. The molecule has 0 radical (unpaired) electrons. The van der Waals surface area contributed by atoms with E-state index in [0.29, 0.717) is 0 Å². The topological polar surface area (TPSA) is 89.7 Å². The number of halogens is 2. The number of rotatable bonds is 5. The van der Waals surface area contributed by atoms with Crippen molar-refractivity contribution in [3.63, 3.8) is 0 Å². The van der Waals surface area contributed by atoms with Crippen molar-refractivity contribution in [3.8, 4) is 5.75 Å². The van der Waals surface area contributed by atoms with Gasteiger partial charge < -0.3 is 9.84 Å². The number of nitro benzene ring substituents is 1. The van der Waals surface area contributed by atoms with Gasteiger partial charge in [-0.1, -0.05) is 12.1 Å². The number of alkyl halides is 2. The minimum atomic E-state index is -3.27. The van der Waals surface area contributed by atoms with Gasteiger partial charge in [-0.05, 0) is 6.92 Å².